The Kier molecular flexibility index (Phi) is 4.79. The van der Waals surface area contributed by atoms with Crippen molar-refractivity contribution < 1.29 is 9.59 Å². The average molecular weight is 327 g/mol. The smallest absolute Gasteiger partial charge is 0.244 e. The van der Waals surface area contributed by atoms with E-state index >= 15 is 0 Å². The van der Waals surface area contributed by atoms with E-state index in [0.29, 0.717) is 11.7 Å². The maximum Gasteiger partial charge on any atom is 0.244 e. The van der Waals surface area contributed by atoms with Crippen LogP contribution in [0.5, 0.6) is 0 Å². The van der Waals surface area contributed by atoms with Crippen LogP contribution in [0, 0.1) is 0 Å². The number of carbonyl (C=O) groups is 2. The fourth-order valence-electron chi connectivity index (χ4n) is 2.81. The maximum absolute atomic E-state index is 11.9. The van der Waals surface area contributed by atoms with Crippen LogP contribution in [0.25, 0.3) is 0 Å². The molecule has 1 aromatic heterocycles. The van der Waals surface area contributed by atoms with Crippen molar-refractivity contribution in [2.75, 3.05) is 17.2 Å². The molecule has 0 spiro atoms. The van der Waals surface area contributed by atoms with Crippen molar-refractivity contribution in [1.82, 2.24) is 15.5 Å². The first-order chi connectivity index (χ1) is 11.6. The monoisotopic (exact) mass is 327 g/mol. The summed E-state index contributed by atoms with van der Waals surface area (Å²) in [7, 11) is 0. The fraction of sp³-hybridized carbons (Fsp3) is 0.353. The Bertz CT molecular complexity index is 707. The molecule has 3 rings (SSSR count). The van der Waals surface area contributed by atoms with Crippen molar-refractivity contribution >= 4 is 23.3 Å². The lowest BCUT2D eigenvalue weighted by Crippen LogP contribution is -2.42. The fourth-order valence-corrected chi connectivity index (χ4v) is 2.81. The highest BCUT2D eigenvalue weighted by atomic mass is 16.2. The molecule has 24 heavy (non-hydrogen) atoms. The number of benzene rings is 1. The zero-order valence-electron chi connectivity index (χ0n) is 13.5. The van der Waals surface area contributed by atoms with Gasteiger partial charge in [-0.05, 0) is 25.0 Å². The van der Waals surface area contributed by atoms with E-state index in [4.69, 9.17) is 0 Å². The van der Waals surface area contributed by atoms with E-state index in [1.54, 1.807) is 0 Å². The van der Waals surface area contributed by atoms with E-state index in [1.807, 2.05) is 36.4 Å². The number of para-hydroxylation sites is 1. The standard InChI is InChI=1S/C17H21N5O2/c1-11(23)19-14-7-12(8-14)15-9-16(22-21-15)20-17(24)10-18-13-5-3-2-4-6-13/h2-6,9,12,14,18H,7-8,10H2,1H3,(H,19,23)(H2,20,21,22,24). The molecule has 2 aromatic rings. The number of nitrogens with zero attached hydrogens (tertiary/aromatic N) is 1. The minimum absolute atomic E-state index is 0.00179. The number of carbonyl (C=O) groups excluding carboxylic acids is 2. The first-order valence-electron chi connectivity index (χ1n) is 8.01. The van der Waals surface area contributed by atoms with Crippen molar-refractivity contribution in [2.45, 2.75) is 31.7 Å². The Hall–Kier alpha value is -2.83. The van der Waals surface area contributed by atoms with Gasteiger partial charge in [-0.15, -0.1) is 0 Å². The van der Waals surface area contributed by atoms with Gasteiger partial charge < -0.3 is 16.0 Å². The van der Waals surface area contributed by atoms with E-state index < -0.39 is 0 Å². The summed E-state index contributed by atoms with van der Waals surface area (Å²) in [5.41, 5.74) is 1.89. The van der Waals surface area contributed by atoms with E-state index in [9.17, 15) is 9.59 Å². The highest BCUT2D eigenvalue weighted by Crippen LogP contribution is 2.36. The molecule has 4 N–H and O–H groups in total. The van der Waals surface area contributed by atoms with Crippen LogP contribution in [-0.4, -0.2) is 34.6 Å². The van der Waals surface area contributed by atoms with Crippen LogP contribution in [-0.2, 0) is 9.59 Å². The van der Waals surface area contributed by atoms with E-state index in [-0.39, 0.29) is 24.4 Å². The number of H-pyrrole nitrogens is 1. The summed E-state index contributed by atoms with van der Waals surface area (Å²) in [6, 6.07) is 11.6. The molecule has 1 aliphatic carbocycles. The van der Waals surface area contributed by atoms with Gasteiger partial charge >= 0.3 is 0 Å². The van der Waals surface area contributed by atoms with Gasteiger partial charge in [0.2, 0.25) is 11.8 Å². The molecule has 0 saturated heterocycles. The zero-order valence-corrected chi connectivity index (χ0v) is 13.5. The van der Waals surface area contributed by atoms with Gasteiger partial charge in [0.1, 0.15) is 0 Å². The first kappa shape index (κ1) is 16.0. The lowest BCUT2D eigenvalue weighted by Gasteiger charge is -2.34. The van der Waals surface area contributed by atoms with Crippen LogP contribution >= 0.6 is 0 Å². The Morgan fingerprint density at radius 1 is 1.25 bits per heavy atom. The number of hydrogen-bond donors (Lipinski definition) is 4. The topological polar surface area (TPSA) is 98.9 Å². The van der Waals surface area contributed by atoms with Gasteiger partial charge in [-0.1, -0.05) is 18.2 Å². The number of rotatable bonds is 6. The Morgan fingerprint density at radius 3 is 2.71 bits per heavy atom. The molecular formula is C17H21N5O2. The molecule has 0 atom stereocenters. The molecule has 1 saturated carbocycles. The third-order valence-corrected chi connectivity index (χ3v) is 4.08. The Morgan fingerprint density at radius 2 is 2.00 bits per heavy atom. The van der Waals surface area contributed by atoms with Gasteiger partial charge in [0.05, 0.1) is 6.54 Å². The molecule has 0 unspecified atom stereocenters. The van der Waals surface area contributed by atoms with Crippen LogP contribution in [0.1, 0.15) is 31.4 Å². The second-order valence-corrected chi connectivity index (χ2v) is 6.04. The highest BCUT2D eigenvalue weighted by molar-refractivity contribution is 5.92. The van der Waals surface area contributed by atoms with Gasteiger partial charge in [-0.2, -0.15) is 5.10 Å². The lowest BCUT2D eigenvalue weighted by molar-refractivity contribution is -0.120. The second kappa shape index (κ2) is 7.16. The largest absolute Gasteiger partial charge is 0.376 e. The second-order valence-electron chi connectivity index (χ2n) is 6.04. The Balaban J connectivity index is 1.44. The van der Waals surface area contributed by atoms with Crippen molar-refractivity contribution in [2.24, 2.45) is 0 Å². The summed E-state index contributed by atoms with van der Waals surface area (Å²) in [6.07, 6.45) is 1.79. The molecule has 1 fully saturated rings. The summed E-state index contributed by atoms with van der Waals surface area (Å²) in [6.45, 7) is 1.71. The van der Waals surface area contributed by atoms with Crippen molar-refractivity contribution in [3.8, 4) is 0 Å². The molecule has 1 aliphatic rings. The third kappa shape index (κ3) is 4.13. The van der Waals surface area contributed by atoms with Gasteiger partial charge in [0, 0.05) is 36.3 Å². The molecule has 1 aromatic carbocycles. The number of aromatic amines is 1. The van der Waals surface area contributed by atoms with E-state index in [1.165, 1.54) is 6.92 Å². The highest BCUT2D eigenvalue weighted by Gasteiger charge is 2.32. The Labute approximate surface area is 140 Å². The van der Waals surface area contributed by atoms with Crippen molar-refractivity contribution in [3.63, 3.8) is 0 Å². The van der Waals surface area contributed by atoms with Crippen LogP contribution in [0.4, 0.5) is 11.5 Å². The normalized spacial score (nSPS) is 19.2. The van der Waals surface area contributed by atoms with E-state index in [0.717, 1.165) is 24.2 Å². The average Bonchev–Trinajstić information content (AvgIpc) is 2.97. The molecule has 126 valence electrons. The predicted octanol–water partition coefficient (Wildman–Crippen LogP) is 1.84. The number of anilines is 2. The van der Waals surface area contributed by atoms with Crippen LogP contribution < -0.4 is 16.0 Å². The molecule has 0 bridgehead atoms. The number of aromatic nitrogens is 2. The molecule has 7 nitrogen and oxygen atoms in total. The number of nitrogens with one attached hydrogen (secondary N) is 4. The lowest BCUT2D eigenvalue weighted by atomic mass is 9.78. The van der Waals surface area contributed by atoms with Gasteiger partial charge in [-0.3, -0.25) is 14.7 Å². The van der Waals surface area contributed by atoms with Gasteiger partial charge in [0.25, 0.3) is 0 Å². The van der Waals surface area contributed by atoms with Gasteiger partial charge in [0.15, 0.2) is 5.82 Å². The SMILES string of the molecule is CC(=O)NC1CC(c2cc(NC(=O)CNc3ccccc3)n[nH]2)C1. The molecular weight excluding hydrogens is 306 g/mol. The summed E-state index contributed by atoms with van der Waals surface area (Å²) in [5.74, 6) is 0.721. The minimum atomic E-state index is -0.151. The molecule has 0 radical (unpaired) electrons. The van der Waals surface area contributed by atoms with Crippen molar-refractivity contribution in [1.29, 1.82) is 0 Å². The summed E-state index contributed by atoms with van der Waals surface area (Å²) < 4.78 is 0. The molecule has 2 amide bonds. The van der Waals surface area contributed by atoms with Crippen LogP contribution in [0.2, 0.25) is 0 Å². The maximum atomic E-state index is 11.9. The zero-order chi connectivity index (χ0) is 16.9. The van der Waals surface area contributed by atoms with Crippen LogP contribution in [0.3, 0.4) is 0 Å². The summed E-state index contributed by atoms with van der Waals surface area (Å²) in [5, 5.41) is 15.8. The van der Waals surface area contributed by atoms with Gasteiger partial charge in [-0.25, -0.2) is 0 Å². The number of amides is 2. The predicted molar refractivity (Wildman–Crippen MR) is 91.7 cm³/mol. The van der Waals surface area contributed by atoms with E-state index in [2.05, 4.69) is 26.1 Å². The quantitative estimate of drug-likeness (QED) is 0.650. The van der Waals surface area contributed by atoms with Crippen molar-refractivity contribution in [3.05, 3.63) is 42.1 Å². The minimum Gasteiger partial charge on any atom is -0.376 e. The van der Waals surface area contributed by atoms with Crippen LogP contribution in [0.15, 0.2) is 36.4 Å². The molecule has 1 heterocycles. The summed E-state index contributed by atoms with van der Waals surface area (Å²) in [4.78, 5) is 22.9. The first-order valence-corrected chi connectivity index (χ1v) is 8.01. The third-order valence-electron chi connectivity index (χ3n) is 4.08. The summed E-state index contributed by atoms with van der Waals surface area (Å²) >= 11 is 0. The molecule has 7 heteroatoms. The molecule has 0 aliphatic heterocycles. The number of hydrogen-bond acceptors (Lipinski definition) is 4.